The Kier molecular flexibility index (Phi) is 5.12. The quantitative estimate of drug-likeness (QED) is 0.677. The Hall–Kier alpha value is -1.59. The maximum absolute atomic E-state index is 12.0. The van der Waals surface area contributed by atoms with E-state index in [1.807, 2.05) is 13.0 Å². The molecule has 0 heterocycles. The summed E-state index contributed by atoms with van der Waals surface area (Å²) >= 11 is 0. The Morgan fingerprint density at radius 3 is 2.78 bits per heavy atom. The molecule has 1 aromatic carbocycles. The van der Waals surface area contributed by atoms with Crippen LogP contribution in [0.25, 0.3) is 0 Å². The number of rotatable bonds is 5. The topological polar surface area (TPSA) is 78.6 Å². The third-order valence-electron chi connectivity index (χ3n) is 3.00. The monoisotopic (exact) mass is 251 g/mol. The highest BCUT2D eigenvalue weighted by Gasteiger charge is 2.17. The second-order valence-electron chi connectivity index (χ2n) is 4.44. The third kappa shape index (κ3) is 3.72. The van der Waals surface area contributed by atoms with Gasteiger partial charge < -0.3 is 16.2 Å². The first kappa shape index (κ1) is 14.5. The lowest BCUT2D eigenvalue weighted by Crippen LogP contribution is -2.41. The van der Waals surface area contributed by atoms with Gasteiger partial charge in [-0.25, -0.2) is 0 Å². The largest absolute Gasteiger partial charge is 0.399 e. The van der Waals surface area contributed by atoms with Gasteiger partial charge in [0.1, 0.15) is 0 Å². The van der Waals surface area contributed by atoms with Crippen LogP contribution >= 0.6 is 0 Å². The van der Waals surface area contributed by atoms with Crippen molar-refractivity contribution >= 4 is 17.3 Å². The lowest BCUT2D eigenvalue weighted by atomic mass is 10.1. The maximum Gasteiger partial charge on any atom is 0.241 e. The number of aliphatic hydroxyl groups excluding tert-OH is 1. The fourth-order valence-corrected chi connectivity index (χ4v) is 1.62. The fourth-order valence-electron chi connectivity index (χ4n) is 1.62. The number of benzene rings is 1. The first-order chi connectivity index (χ1) is 8.45. The van der Waals surface area contributed by atoms with Gasteiger partial charge >= 0.3 is 0 Å². The van der Waals surface area contributed by atoms with E-state index in [2.05, 4.69) is 5.32 Å². The smallest absolute Gasteiger partial charge is 0.241 e. The van der Waals surface area contributed by atoms with Crippen molar-refractivity contribution in [2.75, 3.05) is 31.2 Å². The van der Waals surface area contributed by atoms with Crippen molar-refractivity contribution in [1.82, 2.24) is 4.90 Å². The molecule has 100 valence electrons. The molecule has 0 aliphatic rings. The number of nitrogen functional groups attached to an aromatic ring is 1. The van der Waals surface area contributed by atoms with Crippen molar-refractivity contribution in [2.45, 2.75) is 19.9 Å². The molecule has 0 radical (unpaired) electrons. The zero-order valence-corrected chi connectivity index (χ0v) is 11.1. The van der Waals surface area contributed by atoms with Crippen LogP contribution in [0, 0.1) is 6.92 Å². The number of aryl methyl sites for hydroxylation is 1. The average molecular weight is 251 g/mol. The van der Waals surface area contributed by atoms with Gasteiger partial charge in [-0.1, -0.05) is 0 Å². The van der Waals surface area contributed by atoms with Crippen LogP contribution in [0.3, 0.4) is 0 Å². The van der Waals surface area contributed by atoms with Gasteiger partial charge in [0.25, 0.3) is 0 Å². The molecule has 4 N–H and O–H groups in total. The molecular weight excluding hydrogens is 230 g/mol. The summed E-state index contributed by atoms with van der Waals surface area (Å²) in [6.45, 7) is 4.20. The summed E-state index contributed by atoms with van der Waals surface area (Å²) in [6, 6.07) is 5.07. The molecule has 0 bridgehead atoms. The second-order valence-corrected chi connectivity index (χ2v) is 4.44. The predicted octanol–water partition coefficient (Wildman–Crippen LogP) is 0.828. The first-order valence-electron chi connectivity index (χ1n) is 5.93. The summed E-state index contributed by atoms with van der Waals surface area (Å²) < 4.78 is 0. The van der Waals surface area contributed by atoms with Crippen molar-refractivity contribution in [3.05, 3.63) is 23.8 Å². The SMILES string of the molecule is Cc1cc(N)ccc1NC(=O)C(C)N(C)CCO. The summed E-state index contributed by atoms with van der Waals surface area (Å²) in [5.41, 5.74) is 8.03. The summed E-state index contributed by atoms with van der Waals surface area (Å²) in [4.78, 5) is 13.8. The molecule has 1 rings (SSSR count). The van der Waals surface area contributed by atoms with Gasteiger partial charge in [-0.2, -0.15) is 0 Å². The van der Waals surface area contributed by atoms with E-state index in [0.29, 0.717) is 12.2 Å². The number of anilines is 2. The lowest BCUT2D eigenvalue weighted by Gasteiger charge is -2.23. The zero-order valence-electron chi connectivity index (χ0n) is 11.1. The number of hydrogen-bond acceptors (Lipinski definition) is 4. The fraction of sp³-hybridized carbons (Fsp3) is 0.462. The highest BCUT2D eigenvalue weighted by atomic mass is 16.3. The normalized spacial score (nSPS) is 12.5. The van der Waals surface area contributed by atoms with Crippen LogP contribution in [-0.4, -0.2) is 42.2 Å². The first-order valence-corrected chi connectivity index (χ1v) is 5.93. The Morgan fingerprint density at radius 2 is 2.22 bits per heavy atom. The lowest BCUT2D eigenvalue weighted by molar-refractivity contribution is -0.120. The van der Waals surface area contributed by atoms with Gasteiger partial charge in [-0.05, 0) is 44.7 Å². The summed E-state index contributed by atoms with van der Waals surface area (Å²) in [6.07, 6.45) is 0. The highest BCUT2D eigenvalue weighted by Crippen LogP contribution is 2.18. The van der Waals surface area contributed by atoms with Crippen molar-refractivity contribution in [3.63, 3.8) is 0 Å². The number of aliphatic hydroxyl groups is 1. The zero-order chi connectivity index (χ0) is 13.7. The summed E-state index contributed by atoms with van der Waals surface area (Å²) in [5.74, 6) is -0.0983. The van der Waals surface area contributed by atoms with Gasteiger partial charge in [-0.3, -0.25) is 9.69 Å². The molecule has 1 atom stereocenters. The number of nitrogens with two attached hydrogens (primary N) is 1. The van der Waals surface area contributed by atoms with Crippen LogP contribution in [0.1, 0.15) is 12.5 Å². The van der Waals surface area contributed by atoms with E-state index < -0.39 is 0 Å². The minimum absolute atomic E-state index is 0.0367. The van der Waals surface area contributed by atoms with E-state index in [4.69, 9.17) is 10.8 Å². The summed E-state index contributed by atoms with van der Waals surface area (Å²) in [5, 5.41) is 11.7. The number of carbonyl (C=O) groups excluding carboxylic acids is 1. The Bertz CT molecular complexity index is 421. The number of nitrogens with one attached hydrogen (secondary N) is 1. The van der Waals surface area contributed by atoms with Crippen molar-refractivity contribution in [1.29, 1.82) is 0 Å². The molecule has 5 heteroatoms. The highest BCUT2D eigenvalue weighted by molar-refractivity contribution is 5.95. The van der Waals surface area contributed by atoms with Crippen LogP contribution in [0.5, 0.6) is 0 Å². The molecular formula is C13H21N3O2. The van der Waals surface area contributed by atoms with E-state index in [1.165, 1.54) is 0 Å². The number of likely N-dealkylation sites (N-methyl/N-ethyl adjacent to an activating group) is 1. The molecule has 0 aromatic heterocycles. The van der Waals surface area contributed by atoms with Crippen LogP contribution in [-0.2, 0) is 4.79 Å². The Labute approximate surface area is 108 Å². The van der Waals surface area contributed by atoms with Gasteiger partial charge in [0.15, 0.2) is 0 Å². The van der Waals surface area contributed by atoms with Crippen molar-refractivity contribution < 1.29 is 9.90 Å². The summed E-state index contributed by atoms with van der Waals surface area (Å²) in [7, 11) is 1.80. The molecule has 1 aromatic rings. The van der Waals surface area contributed by atoms with Crippen LogP contribution in [0.4, 0.5) is 11.4 Å². The maximum atomic E-state index is 12.0. The van der Waals surface area contributed by atoms with Crippen molar-refractivity contribution in [3.8, 4) is 0 Å². The van der Waals surface area contributed by atoms with Crippen LogP contribution < -0.4 is 11.1 Å². The van der Waals surface area contributed by atoms with E-state index in [9.17, 15) is 4.79 Å². The molecule has 0 aliphatic heterocycles. The number of nitrogens with zero attached hydrogens (tertiary/aromatic N) is 1. The van der Waals surface area contributed by atoms with Gasteiger partial charge in [0.2, 0.25) is 5.91 Å². The van der Waals surface area contributed by atoms with E-state index in [-0.39, 0.29) is 18.6 Å². The molecule has 5 nitrogen and oxygen atoms in total. The minimum atomic E-state index is -0.297. The van der Waals surface area contributed by atoms with Gasteiger partial charge in [-0.15, -0.1) is 0 Å². The molecule has 1 amide bonds. The number of amides is 1. The number of carbonyl (C=O) groups is 1. The van der Waals surface area contributed by atoms with Crippen LogP contribution in [0.15, 0.2) is 18.2 Å². The van der Waals surface area contributed by atoms with Crippen LogP contribution in [0.2, 0.25) is 0 Å². The standard InChI is InChI=1S/C13H21N3O2/c1-9-8-11(14)4-5-12(9)15-13(18)10(2)16(3)6-7-17/h4-5,8,10,17H,6-7,14H2,1-3H3,(H,15,18). The van der Waals surface area contributed by atoms with E-state index >= 15 is 0 Å². The van der Waals surface area contributed by atoms with E-state index in [0.717, 1.165) is 11.3 Å². The van der Waals surface area contributed by atoms with Gasteiger partial charge in [0.05, 0.1) is 12.6 Å². The number of hydrogen-bond donors (Lipinski definition) is 3. The van der Waals surface area contributed by atoms with E-state index in [1.54, 1.807) is 31.0 Å². The molecule has 0 spiro atoms. The minimum Gasteiger partial charge on any atom is -0.399 e. The molecule has 0 saturated carbocycles. The Morgan fingerprint density at radius 1 is 1.56 bits per heavy atom. The molecule has 1 unspecified atom stereocenters. The Balaban J connectivity index is 2.69. The second kappa shape index (κ2) is 6.37. The average Bonchev–Trinajstić information content (AvgIpc) is 2.32. The molecule has 0 aliphatic carbocycles. The molecule has 0 fully saturated rings. The van der Waals surface area contributed by atoms with Gasteiger partial charge in [0, 0.05) is 17.9 Å². The molecule has 18 heavy (non-hydrogen) atoms. The third-order valence-corrected chi connectivity index (χ3v) is 3.00. The molecule has 0 saturated heterocycles. The predicted molar refractivity (Wildman–Crippen MR) is 73.4 cm³/mol. The van der Waals surface area contributed by atoms with Crippen molar-refractivity contribution in [2.24, 2.45) is 0 Å².